The Bertz CT molecular complexity index is 2740. The van der Waals surface area contributed by atoms with Crippen LogP contribution in [0.25, 0.3) is 88.9 Å². The normalized spacial score (nSPS) is 11.9. The highest BCUT2D eigenvalue weighted by Crippen LogP contribution is 2.41. The van der Waals surface area contributed by atoms with E-state index in [-0.39, 0.29) is 0 Å². The molecule has 10 rings (SSSR count). The van der Waals surface area contributed by atoms with Crippen molar-refractivity contribution >= 4 is 60.2 Å². The summed E-state index contributed by atoms with van der Waals surface area (Å²) >= 11 is 0. The van der Waals surface area contributed by atoms with E-state index in [9.17, 15) is 0 Å². The minimum atomic E-state index is 0.573. The van der Waals surface area contributed by atoms with Crippen LogP contribution in [0, 0.1) is 0 Å². The Morgan fingerprint density at radius 2 is 0.957 bits per heavy atom. The summed E-state index contributed by atoms with van der Waals surface area (Å²) in [6, 6.07) is 50.1. The number of para-hydroxylation sites is 4. The van der Waals surface area contributed by atoms with Gasteiger partial charge in [-0.25, -0.2) is 9.97 Å². The number of imidazole rings is 1. The molecule has 6 heteroatoms. The van der Waals surface area contributed by atoms with Crippen LogP contribution >= 0.6 is 0 Å². The Balaban J connectivity index is 1.38. The maximum atomic E-state index is 5.25. The molecule has 0 N–H and O–H groups in total. The van der Waals surface area contributed by atoms with Gasteiger partial charge in [-0.05, 0) is 35.7 Å². The third-order valence-electron chi connectivity index (χ3n) is 8.95. The molecule has 0 bridgehead atoms. The highest BCUT2D eigenvalue weighted by molar-refractivity contribution is 6.29. The van der Waals surface area contributed by atoms with Gasteiger partial charge >= 0.3 is 0 Å². The number of hydrogen-bond donors (Lipinski definition) is 0. The first kappa shape index (κ1) is 25.0. The topological polar surface area (TPSA) is 60.9 Å². The molecule has 6 aromatic carbocycles. The average molecular weight is 589 g/mol. The van der Waals surface area contributed by atoms with Gasteiger partial charge in [0.05, 0.1) is 27.6 Å². The molecule has 4 heterocycles. The Labute approximate surface area is 262 Å². The van der Waals surface area contributed by atoms with E-state index in [1.807, 2.05) is 60.7 Å². The van der Waals surface area contributed by atoms with Crippen LogP contribution < -0.4 is 0 Å². The van der Waals surface area contributed by atoms with Crippen molar-refractivity contribution in [3.8, 4) is 28.7 Å². The molecule has 0 aliphatic rings. The number of pyridine rings is 1. The molecule has 0 saturated carbocycles. The predicted molar refractivity (Wildman–Crippen MR) is 186 cm³/mol. The van der Waals surface area contributed by atoms with E-state index in [2.05, 4.69) is 93.9 Å². The minimum Gasteiger partial charge on any atom is -0.292 e. The number of hydrogen-bond acceptors (Lipinski definition) is 4. The zero-order valence-corrected chi connectivity index (χ0v) is 24.5. The van der Waals surface area contributed by atoms with E-state index in [0.29, 0.717) is 17.6 Å². The summed E-state index contributed by atoms with van der Waals surface area (Å²) in [5, 5.41) is 5.71. The molecule has 0 unspecified atom stereocenters. The summed E-state index contributed by atoms with van der Waals surface area (Å²) in [6.07, 6.45) is 0. The van der Waals surface area contributed by atoms with Gasteiger partial charge in [-0.3, -0.25) is 8.97 Å². The summed E-state index contributed by atoms with van der Waals surface area (Å²) in [6.45, 7) is 0. The maximum Gasteiger partial charge on any atom is 0.238 e. The number of fused-ring (bicyclic) bond motifs is 12. The fourth-order valence-corrected chi connectivity index (χ4v) is 6.96. The van der Waals surface area contributed by atoms with Gasteiger partial charge < -0.3 is 0 Å². The largest absolute Gasteiger partial charge is 0.292 e. The summed E-state index contributed by atoms with van der Waals surface area (Å²) in [5.74, 6) is 1.83. The lowest BCUT2D eigenvalue weighted by Gasteiger charge is -2.12. The molecule has 46 heavy (non-hydrogen) atoms. The zero-order chi connectivity index (χ0) is 30.2. The first-order chi connectivity index (χ1) is 22.8. The second-order valence-electron chi connectivity index (χ2n) is 11.5. The molecule has 0 fully saturated rings. The van der Waals surface area contributed by atoms with Gasteiger partial charge in [-0.1, -0.05) is 115 Å². The number of benzene rings is 6. The van der Waals surface area contributed by atoms with E-state index in [0.717, 1.165) is 60.5 Å². The smallest absolute Gasteiger partial charge is 0.238 e. The van der Waals surface area contributed by atoms with Crippen LogP contribution in [0.3, 0.4) is 0 Å². The van der Waals surface area contributed by atoms with Gasteiger partial charge in [0.2, 0.25) is 5.95 Å². The molecule has 0 aliphatic carbocycles. The van der Waals surface area contributed by atoms with Crippen LogP contribution in [0.5, 0.6) is 0 Å². The van der Waals surface area contributed by atoms with Crippen LogP contribution in [0.4, 0.5) is 0 Å². The van der Waals surface area contributed by atoms with Crippen molar-refractivity contribution < 1.29 is 0 Å². The van der Waals surface area contributed by atoms with Crippen molar-refractivity contribution in [1.82, 2.24) is 28.9 Å². The molecule has 0 spiro atoms. The van der Waals surface area contributed by atoms with E-state index in [1.165, 1.54) is 10.8 Å². The fourth-order valence-electron chi connectivity index (χ4n) is 6.96. The van der Waals surface area contributed by atoms with Crippen molar-refractivity contribution in [3.05, 3.63) is 146 Å². The molecule has 6 nitrogen and oxygen atoms in total. The molecule has 0 saturated heterocycles. The van der Waals surface area contributed by atoms with Crippen LogP contribution in [0.15, 0.2) is 146 Å². The van der Waals surface area contributed by atoms with Crippen LogP contribution in [-0.2, 0) is 0 Å². The van der Waals surface area contributed by atoms with Crippen molar-refractivity contribution in [1.29, 1.82) is 0 Å². The van der Waals surface area contributed by atoms with Crippen molar-refractivity contribution in [2.45, 2.75) is 0 Å². The third kappa shape index (κ3) is 3.52. The molecule has 10 aromatic rings. The monoisotopic (exact) mass is 588 g/mol. The average Bonchev–Trinajstić information content (AvgIpc) is 3.69. The molecule has 0 amide bonds. The van der Waals surface area contributed by atoms with E-state index < -0.39 is 0 Å². The van der Waals surface area contributed by atoms with E-state index in [4.69, 9.17) is 19.9 Å². The second-order valence-corrected chi connectivity index (χ2v) is 11.5. The SMILES string of the molecule is c1ccc(-c2nc(-c3ccccc3)nc(-n3c4ccccc4c4c5c(ccc43)c3ccccc3n3c4ccccc4nc53)n2)cc1. The van der Waals surface area contributed by atoms with Crippen molar-refractivity contribution in [2.24, 2.45) is 0 Å². The van der Waals surface area contributed by atoms with Crippen molar-refractivity contribution in [3.63, 3.8) is 0 Å². The molecule has 4 aromatic heterocycles. The highest BCUT2D eigenvalue weighted by atomic mass is 15.2. The Hall–Kier alpha value is -6.40. The molecule has 0 aliphatic heterocycles. The zero-order valence-electron chi connectivity index (χ0n) is 24.5. The molecule has 214 valence electrons. The van der Waals surface area contributed by atoms with Gasteiger partial charge in [0.25, 0.3) is 0 Å². The lowest BCUT2D eigenvalue weighted by molar-refractivity contribution is 0.953. The molecule has 0 radical (unpaired) electrons. The van der Waals surface area contributed by atoms with Crippen LogP contribution in [-0.4, -0.2) is 28.9 Å². The van der Waals surface area contributed by atoms with E-state index >= 15 is 0 Å². The molecular formula is C40H24N6. The minimum absolute atomic E-state index is 0.573. The molecular weight excluding hydrogens is 564 g/mol. The summed E-state index contributed by atoms with van der Waals surface area (Å²) in [4.78, 5) is 20.4. The number of nitrogens with zero attached hydrogens (tertiary/aromatic N) is 6. The maximum absolute atomic E-state index is 5.25. The van der Waals surface area contributed by atoms with E-state index in [1.54, 1.807) is 0 Å². The Kier molecular flexibility index (Phi) is 5.19. The number of rotatable bonds is 3. The summed E-state index contributed by atoms with van der Waals surface area (Å²) in [7, 11) is 0. The number of aromatic nitrogens is 6. The quantitative estimate of drug-likeness (QED) is 0.193. The van der Waals surface area contributed by atoms with Crippen LogP contribution in [0.2, 0.25) is 0 Å². The van der Waals surface area contributed by atoms with Crippen molar-refractivity contribution in [2.75, 3.05) is 0 Å². The first-order valence-corrected chi connectivity index (χ1v) is 15.3. The standard InChI is InChI=1S/C40H24N6/c1-3-13-25(14-4-1)37-42-38(26-15-5-2-6-16-26)44-40(43-37)46-32-21-11-8-18-29(32)35-34(46)24-23-28-27-17-7-10-20-31(27)45-33-22-12-9-19-30(33)41-39(45)36(28)35/h1-24H. The molecule has 0 atom stereocenters. The highest BCUT2D eigenvalue weighted by Gasteiger charge is 2.22. The van der Waals surface area contributed by atoms with Gasteiger partial charge in [0.15, 0.2) is 11.6 Å². The summed E-state index contributed by atoms with van der Waals surface area (Å²) in [5.41, 5.74) is 8.05. The van der Waals surface area contributed by atoms with Gasteiger partial charge in [-0.2, -0.15) is 9.97 Å². The Morgan fingerprint density at radius 3 is 1.67 bits per heavy atom. The van der Waals surface area contributed by atoms with Crippen LogP contribution in [0.1, 0.15) is 0 Å². The van der Waals surface area contributed by atoms with Gasteiger partial charge in [0, 0.05) is 32.7 Å². The lowest BCUT2D eigenvalue weighted by Crippen LogP contribution is -2.06. The Morgan fingerprint density at radius 1 is 0.370 bits per heavy atom. The fraction of sp³-hybridized carbons (Fsp3) is 0. The third-order valence-corrected chi connectivity index (χ3v) is 8.95. The van der Waals surface area contributed by atoms with Gasteiger partial charge in [-0.15, -0.1) is 0 Å². The first-order valence-electron chi connectivity index (χ1n) is 15.3. The summed E-state index contributed by atoms with van der Waals surface area (Å²) < 4.78 is 4.49. The second kappa shape index (κ2) is 9.55. The predicted octanol–water partition coefficient (Wildman–Crippen LogP) is 9.41. The van der Waals surface area contributed by atoms with Gasteiger partial charge in [0.1, 0.15) is 5.65 Å². The lowest BCUT2D eigenvalue weighted by atomic mass is 10.0.